The molecule has 0 N–H and O–H groups in total. The third-order valence-electron chi connectivity index (χ3n) is 1.61. The maximum Gasteiger partial charge on any atom is 0.132 e. The van der Waals surface area contributed by atoms with Gasteiger partial charge in [-0.25, -0.2) is 0 Å². The fourth-order valence-electron chi connectivity index (χ4n) is 0.755. The Morgan fingerprint density at radius 3 is 1.85 bits per heavy atom. The molecule has 2 heteroatoms. The molecule has 0 rings (SSSR count). The van der Waals surface area contributed by atoms with Crippen LogP contribution in [0.5, 0.6) is 0 Å². The molecule has 0 heterocycles. The first kappa shape index (κ1) is 15.1. The van der Waals surface area contributed by atoms with Gasteiger partial charge in [0.15, 0.2) is 0 Å². The molecule has 0 amide bonds. The molecule has 0 unspecified atom stereocenters. The minimum Gasteiger partial charge on any atom is -0.382 e. The minimum absolute atomic E-state index is 0.395. The molecule has 0 aromatic rings. The van der Waals surface area contributed by atoms with Gasteiger partial charge in [-0.15, -0.1) is 0 Å². The topological polar surface area (TPSA) is 26.3 Å². The summed E-state index contributed by atoms with van der Waals surface area (Å²) in [5.74, 6) is 0.395. The smallest absolute Gasteiger partial charge is 0.132 e. The first-order chi connectivity index (χ1) is 6.22. The van der Waals surface area contributed by atoms with Crippen LogP contribution in [0.2, 0.25) is 0 Å². The average molecular weight is 188 g/mol. The van der Waals surface area contributed by atoms with Crippen molar-refractivity contribution >= 4 is 5.78 Å². The van der Waals surface area contributed by atoms with Crippen molar-refractivity contribution in [3.8, 4) is 0 Å². The Hall–Kier alpha value is -0.370. The van der Waals surface area contributed by atoms with E-state index in [1.807, 2.05) is 20.8 Å². The highest BCUT2D eigenvalue weighted by atomic mass is 16.5. The second-order valence-corrected chi connectivity index (χ2v) is 2.78. The van der Waals surface area contributed by atoms with Gasteiger partial charge >= 0.3 is 0 Å². The molecule has 2 nitrogen and oxygen atoms in total. The van der Waals surface area contributed by atoms with Gasteiger partial charge in [0.05, 0.1) is 0 Å². The quantitative estimate of drug-likeness (QED) is 0.640. The fourth-order valence-corrected chi connectivity index (χ4v) is 0.755. The Morgan fingerprint density at radius 1 is 1.08 bits per heavy atom. The van der Waals surface area contributed by atoms with Crippen LogP contribution in [0.25, 0.3) is 0 Å². The summed E-state index contributed by atoms with van der Waals surface area (Å²) in [6.45, 7) is 9.68. The first-order valence-corrected chi connectivity index (χ1v) is 5.32. The number of carbonyl (C=O) groups is 1. The molecule has 0 atom stereocenters. The number of Topliss-reactive ketones (excluding diaryl/α,β-unsaturated/α-hetero) is 1. The van der Waals surface area contributed by atoms with Crippen LogP contribution >= 0.6 is 0 Å². The van der Waals surface area contributed by atoms with E-state index in [1.54, 1.807) is 0 Å². The Labute approximate surface area is 82.7 Å². The lowest BCUT2D eigenvalue weighted by molar-refractivity contribution is -0.118. The van der Waals surface area contributed by atoms with Gasteiger partial charge in [-0.3, -0.25) is 4.79 Å². The zero-order valence-corrected chi connectivity index (χ0v) is 9.56. The van der Waals surface area contributed by atoms with E-state index in [-0.39, 0.29) is 0 Å². The van der Waals surface area contributed by atoms with Crippen molar-refractivity contribution in [2.75, 3.05) is 13.2 Å². The standard InChI is InChI=1S/C7H14O.C4H10O/c1-3-5-6-7(8)4-2;1-3-5-4-2/h3-6H2,1-2H3;3-4H2,1-2H3. The van der Waals surface area contributed by atoms with Gasteiger partial charge in [0.1, 0.15) is 5.78 Å². The molecule has 0 bridgehead atoms. The second kappa shape index (κ2) is 14.2. The largest absolute Gasteiger partial charge is 0.382 e. The molecule has 0 aromatic carbocycles. The van der Waals surface area contributed by atoms with E-state index < -0.39 is 0 Å². The van der Waals surface area contributed by atoms with Crippen LogP contribution in [0.1, 0.15) is 53.4 Å². The summed E-state index contributed by atoms with van der Waals surface area (Å²) in [6, 6.07) is 0. The molecule has 0 aliphatic carbocycles. The average Bonchev–Trinajstić information content (AvgIpc) is 2.16. The van der Waals surface area contributed by atoms with Crippen LogP contribution in [-0.4, -0.2) is 19.0 Å². The number of hydrogen-bond acceptors (Lipinski definition) is 2. The maximum absolute atomic E-state index is 10.6. The predicted octanol–water partition coefficient (Wildman–Crippen LogP) is 3.20. The molecule has 0 fully saturated rings. The number of rotatable bonds is 6. The zero-order chi connectivity index (χ0) is 10.5. The van der Waals surface area contributed by atoms with Crippen molar-refractivity contribution in [2.24, 2.45) is 0 Å². The number of hydrogen-bond donors (Lipinski definition) is 0. The maximum atomic E-state index is 10.6. The summed E-state index contributed by atoms with van der Waals surface area (Å²) >= 11 is 0. The minimum atomic E-state index is 0.395. The molecule has 0 spiro atoms. The second-order valence-electron chi connectivity index (χ2n) is 2.78. The number of carbonyl (C=O) groups excluding carboxylic acids is 1. The van der Waals surface area contributed by atoms with Gasteiger partial charge in [-0.2, -0.15) is 0 Å². The Morgan fingerprint density at radius 2 is 1.62 bits per heavy atom. The van der Waals surface area contributed by atoms with Crippen molar-refractivity contribution in [3.05, 3.63) is 0 Å². The fraction of sp³-hybridized carbons (Fsp3) is 0.909. The van der Waals surface area contributed by atoms with Gasteiger partial charge in [0.2, 0.25) is 0 Å². The predicted molar refractivity (Wildman–Crippen MR) is 57.0 cm³/mol. The monoisotopic (exact) mass is 188 g/mol. The molecular formula is C11H24O2. The summed E-state index contributed by atoms with van der Waals surface area (Å²) in [6.07, 6.45) is 3.69. The van der Waals surface area contributed by atoms with E-state index in [9.17, 15) is 4.79 Å². The van der Waals surface area contributed by atoms with Crippen molar-refractivity contribution in [1.82, 2.24) is 0 Å². The zero-order valence-electron chi connectivity index (χ0n) is 9.56. The molecular weight excluding hydrogens is 164 g/mol. The summed E-state index contributed by atoms with van der Waals surface area (Å²) in [5.41, 5.74) is 0. The Kier molecular flexibility index (Phi) is 16.5. The molecule has 0 aromatic heterocycles. The van der Waals surface area contributed by atoms with Gasteiger partial charge in [0.25, 0.3) is 0 Å². The summed E-state index contributed by atoms with van der Waals surface area (Å²) in [7, 11) is 0. The third kappa shape index (κ3) is 18.5. The van der Waals surface area contributed by atoms with Crippen molar-refractivity contribution in [3.63, 3.8) is 0 Å². The molecule has 0 aliphatic heterocycles. The van der Waals surface area contributed by atoms with Gasteiger partial charge < -0.3 is 4.74 Å². The molecule has 0 aliphatic rings. The highest BCUT2D eigenvalue weighted by Crippen LogP contribution is 1.96. The van der Waals surface area contributed by atoms with Crippen LogP contribution in [0, 0.1) is 0 Å². The van der Waals surface area contributed by atoms with Crippen molar-refractivity contribution in [2.45, 2.75) is 53.4 Å². The van der Waals surface area contributed by atoms with Gasteiger partial charge in [-0.05, 0) is 20.3 Å². The van der Waals surface area contributed by atoms with E-state index in [4.69, 9.17) is 4.74 Å². The molecule has 80 valence electrons. The first-order valence-electron chi connectivity index (χ1n) is 5.32. The highest BCUT2D eigenvalue weighted by molar-refractivity contribution is 5.77. The number of ether oxygens (including phenoxy) is 1. The lowest BCUT2D eigenvalue weighted by Crippen LogP contribution is -1.92. The van der Waals surface area contributed by atoms with Crippen molar-refractivity contribution < 1.29 is 9.53 Å². The number of ketones is 1. The normalized spacial score (nSPS) is 8.92. The van der Waals surface area contributed by atoms with E-state index in [0.717, 1.165) is 32.5 Å². The van der Waals surface area contributed by atoms with Crippen LogP contribution in [0.15, 0.2) is 0 Å². The Balaban J connectivity index is 0. The molecule has 0 radical (unpaired) electrons. The van der Waals surface area contributed by atoms with E-state index >= 15 is 0 Å². The van der Waals surface area contributed by atoms with Gasteiger partial charge in [-0.1, -0.05) is 20.3 Å². The Bertz CT molecular complexity index is 98.3. The van der Waals surface area contributed by atoms with Crippen LogP contribution in [0.4, 0.5) is 0 Å². The van der Waals surface area contributed by atoms with Gasteiger partial charge in [0, 0.05) is 26.1 Å². The highest BCUT2D eigenvalue weighted by Gasteiger charge is 1.93. The lowest BCUT2D eigenvalue weighted by Gasteiger charge is -1.91. The number of unbranched alkanes of at least 4 members (excludes halogenated alkanes) is 1. The van der Waals surface area contributed by atoms with E-state index in [0.29, 0.717) is 12.2 Å². The molecule has 0 saturated carbocycles. The van der Waals surface area contributed by atoms with E-state index in [1.165, 1.54) is 0 Å². The SMILES string of the molecule is CCCCC(=O)CC.CCOCC. The molecule has 0 saturated heterocycles. The molecule has 13 heavy (non-hydrogen) atoms. The van der Waals surface area contributed by atoms with Crippen LogP contribution in [0.3, 0.4) is 0 Å². The summed E-state index contributed by atoms with van der Waals surface area (Å²) in [4.78, 5) is 10.6. The van der Waals surface area contributed by atoms with Crippen LogP contribution in [-0.2, 0) is 9.53 Å². The summed E-state index contributed by atoms with van der Waals surface area (Å²) in [5, 5.41) is 0. The van der Waals surface area contributed by atoms with Crippen molar-refractivity contribution in [1.29, 1.82) is 0 Å². The summed E-state index contributed by atoms with van der Waals surface area (Å²) < 4.78 is 4.83. The third-order valence-corrected chi connectivity index (χ3v) is 1.61. The van der Waals surface area contributed by atoms with Crippen LogP contribution < -0.4 is 0 Å². The lowest BCUT2D eigenvalue weighted by atomic mass is 10.1. The van der Waals surface area contributed by atoms with E-state index in [2.05, 4.69) is 6.92 Å².